The van der Waals surface area contributed by atoms with Gasteiger partial charge in [0.1, 0.15) is 18.4 Å². The van der Waals surface area contributed by atoms with Gasteiger partial charge in [-0.25, -0.2) is 0 Å². The first kappa shape index (κ1) is 31.2. The van der Waals surface area contributed by atoms with Crippen molar-refractivity contribution in [2.75, 3.05) is 6.54 Å². The fourth-order valence-corrected chi connectivity index (χ4v) is 5.67. The molecular formula is C35H47NO4. The maximum Gasteiger partial charge on any atom is 0.322 e. The van der Waals surface area contributed by atoms with Crippen molar-refractivity contribution >= 4 is 22.6 Å². The number of nitrogens with one attached hydrogen (secondary N) is 1. The Kier molecular flexibility index (Phi) is 10.0. The quantitative estimate of drug-likeness (QED) is 0.240. The van der Waals surface area contributed by atoms with Gasteiger partial charge in [0, 0.05) is 11.0 Å². The molecule has 1 amide bonds. The number of hydrogen-bond donors (Lipinski definition) is 2. The first-order valence-electron chi connectivity index (χ1n) is 14.7. The third-order valence-electron chi connectivity index (χ3n) is 8.77. The normalized spacial score (nSPS) is 13.6. The Labute approximate surface area is 240 Å². The van der Waals surface area contributed by atoms with Crippen molar-refractivity contribution in [2.45, 2.75) is 92.6 Å². The monoisotopic (exact) mass is 545 g/mol. The molecule has 0 aliphatic carbocycles. The van der Waals surface area contributed by atoms with Crippen LogP contribution < -0.4 is 10.1 Å². The van der Waals surface area contributed by atoms with E-state index in [0.29, 0.717) is 11.5 Å². The van der Waals surface area contributed by atoms with Gasteiger partial charge in [0.15, 0.2) is 0 Å². The van der Waals surface area contributed by atoms with Crippen molar-refractivity contribution in [3.05, 3.63) is 76.9 Å². The lowest BCUT2D eigenvalue weighted by atomic mass is 9.70. The van der Waals surface area contributed by atoms with Crippen LogP contribution in [0.5, 0.6) is 5.75 Å². The molecule has 2 atom stereocenters. The van der Waals surface area contributed by atoms with E-state index in [1.54, 1.807) is 6.07 Å². The highest BCUT2D eigenvalue weighted by atomic mass is 16.5. The summed E-state index contributed by atoms with van der Waals surface area (Å²) in [5, 5.41) is 13.3. The topological polar surface area (TPSA) is 75.6 Å². The van der Waals surface area contributed by atoms with Gasteiger partial charge < -0.3 is 15.2 Å². The summed E-state index contributed by atoms with van der Waals surface area (Å²) in [4.78, 5) is 23.2. The lowest BCUT2D eigenvalue weighted by Crippen LogP contribution is -2.34. The number of amides is 1. The van der Waals surface area contributed by atoms with Gasteiger partial charge in [0.2, 0.25) is 0 Å². The van der Waals surface area contributed by atoms with Gasteiger partial charge in [-0.2, -0.15) is 0 Å². The van der Waals surface area contributed by atoms with Crippen molar-refractivity contribution in [1.29, 1.82) is 0 Å². The van der Waals surface area contributed by atoms with E-state index in [2.05, 4.69) is 97.1 Å². The zero-order valence-electron chi connectivity index (χ0n) is 25.6. The first-order chi connectivity index (χ1) is 18.9. The van der Waals surface area contributed by atoms with Crippen LogP contribution in [0, 0.1) is 18.3 Å². The van der Waals surface area contributed by atoms with Crippen LogP contribution in [0.25, 0.3) is 10.8 Å². The molecule has 3 rings (SSSR count). The minimum atomic E-state index is -1.07. The van der Waals surface area contributed by atoms with Gasteiger partial charge in [0.05, 0.1) is 0 Å². The minimum absolute atomic E-state index is 0.156. The number of aryl methyl sites for hydroxylation is 1. The fraction of sp³-hybridized carbons (Fsp3) is 0.486. The molecule has 2 unspecified atom stereocenters. The molecule has 0 radical (unpaired) electrons. The fourth-order valence-electron chi connectivity index (χ4n) is 5.67. The summed E-state index contributed by atoms with van der Waals surface area (Å²) in [7, 11) is 0. The summed E-state index contributed by atoms with van der Waals surface area (Å²) >= 11 is 0. The molecule has 0 bridgehead atoms. The van der Waals surface area contributed by atoms with Crippen molar-refractivity contribution in [2.24, 2.45) is 11.3 Å². The third kappa shape index (κ3) is 6.86. The van der Waals surface area contributed by atoms with E-state index in [9.17, 15) is 9.59 Å². The Hall–Kier alpha value is -3.34. The van der Waals surface area contributed by atoms with Gasteiger partial charge in [0.25, 0.3) is 5.91 Å². The maximum absolute atomic E-state index is 12.4. The number of aliphatic carboxylic acids is 1. The second-order valence-corrected chi connectivity index (χ2v) is 12.2. The molecular weight excluding hydrogens is 498 g/mol. The van der Waals surface area contributed by atoms with Crippen LogP contribution >= 0.6 is 0 Å². The van der Waals surface area contributed by atoms with Gasteiger partial charge in [-0.15, -0.1) is 0 Å². The summed E-state index contributed by atoms with van der Waals surface area (Å²) in [6.45, 7) is 17.6. The van der Waals surface area contributed by atoms with Gasteiger partial charge in [-0.05, 0) is 83.2 Å². The van der Waals surface area contributed by atoms with Crippen molar-refractivity contribution in [3.8, 4) is 5.75 Å². The number of carboxylic acid groups (broad SMARTS) is 1. The lowest BCUT2D eigenvalue weighted by molar-refractivity contribution is -0.135. The molecule has 2 N–H and O–H groups in total. The van der Waals surface area contributed by atoms with E-state index in [4.69, 9.17) is 9.84 Å². The van der Waals surface area contributed by atoms with E-state index >= 15 is 0 Å². The smallest absolute Gasteiger partial charge is 0.322 e. The molecule has 0 aliphatic heterocycles. The molecule has 0 spiro atoms. The number of rotatable bonds is 12. The molecule has 0 saturated heterocycles. The van der Waals surface area contributed by atoms with Gasteiger partial charge in [-0.1, -0.05) is 91.3 Å². The summed E-state index contributed by atoms with van der Waals surface area (Å²) in [6.07, 6.45) is 4.20. The number of carbonyl (C=O) groups is 2. The van der Waals surface area contributed by atoms with Gasteiger partial charge >= 0.3 is 5.97 Å². The molecule has 0 aromatic heterocycles. The first-order valence-corrected chi connectivity index (χ1v) is 14.7. The Balaban J connectivity index is 1.94. The molecule has 5 heteroatoms. The van der Waals surface area contributed by atoms with E-state index in [-0.39, 0.29) is 22.8 Å². The molecule has 0 aliphatic rings. The highest BCUT2D eigenvalue weighted by Gasteiger charge is 2.33. The van der Waals surface area contributed by atoms with E-state index < -0.39 is 12.5 Å². The van der Waals surface area contributed by atoms with Crippen LogP contribution in [-0.2, 0) is 10.2 Å². The summed E-state index contributed by atoms with van der Waals surface area (Å²) in [5.41, 5.74) is 4.15. The summed E-state index contributed by atoms with van der Waals surface area (Å²) in [6, 6.07) is 18.7. The van der Waals surface area contributed by atoms with Crippen LogP contribution in [0.1, 0.15) is 101 Å². The lowest BCUT2D eigenvalue weighted by Gasteiger charge is -2.36. The number of fused-ring (bicyclic) bond motifs is 1. The number of hydrogen-bond acceptors (Lipinski definition) is 3. The third-order valence-corrected chi connectivity index (χ3v) is 8.77. The molecule has 40 heavy (non-hydrogen) atoms. The molecule has 3 aromatic carbocycles. The summed E-state index contributed by atoms with van der Waals surface area (Å²) < 4.78 is 6.67. The highest BCUT2D eigenvalue weighted by molar-refractivity contribution is 5.99. The largest absolute Gasteiger partial charge is 0.490 e. The summed E-state index contributed by atoms with van der Waals surface area (Å²) in [5.74, 6) is -0.0603. The molecule has 0 fully saturated rings. The average molecular weight is 546 g/mol. The van der Waals surface area contributed by atoms with Crippen LogP contribution in [-0.4, -0.2) is 29.6 Å². The van der Waals surface area contributed by atoms with E-state index in [0.717, 1.165) is 47.8 Å². The predicted molar refractivity (Wildman–Crippen MR) is 164 cm³/mol. The zero-order valence-corrected chi connectivity index (χ0v) is 25.6. The molecule has 3 aromatic rings. The van der Waals surface area contributed by atoms with Gasteiger partial charge in [-0.3, -0.25) is 9.59 Å². The van der Waals surface area contributed by atoms with Crippen molar-refractivity contribution in [3.63, 3.8) is 0 Å². The number of carbonyl (C=O) groups excluding carboxylic acids is 1. The Morgan fingerprint density at radius 3 is 2.08 bits per heavy atom. The Bertz CT molecular complexity index is 1330. The average Bonchev–Trinajstić information content (AvgIpc) is 2.92. The van der Waals surface area contributed by atoms with E-state index in [1.165, 1.54) is 11.1 Å². The standard InChI is InChI=1S/C35H47NO4/c1-9-12-31(24(5)34(6,7)8)40-30-18-17-28(19-23(30)4)35(10-2,11-3)29-16-15-25-20-27(14-13-26(25)21-29)33(39)36-22-32(37)38/h13-21,24,31H,9-12,22H2,1-8H3,(H,36,39)(H,37,38). The van der Waals surface area contributed by atoms with Crippen molar-refractivity contribution in [1.82, 2.24) is 5.32 Å². The van der Waals surface area contributed by atoms with E-state index in [1.807, 2.05) is 12.1 Å². The van der Waals surface area contributed by atoms with Crippen LogP contribution in [0.2, 0.25) is 0 Å². The molecule has 5 nitrogen and oxygen atoms in total. The Morgan fingerprint density at radius 1 is 0.900 bits per heavy atom. The van der Waals surface area contributed by atoms with Crippen LogP contribution in [0.3, 0.4) is 0 Å². The SMILES string of the molecule is CCCC(Oc1ccc(C(CC)(CC)c2ccc3cc(C(=O)NCC(=O)O)ccc3c2)cc1C)C(C)C(C)(C)C. The van der Waals surface area contributed by atoms with Crippen LogP contribution in [0.4, 0.5) is 0 Å². The predicted octanol–water partition coefficient (Wildman–Crippen LogP) is 8.30. The zero-order chi connectivity index (χ0) is 29.7. The second-order valence-electron chi connectivity index (χ2n) is 12.2. The minimum Gasteiger partial charge on any atom is -0.490 e. The number of benzene rings is 3. The molecule has 216 valence electrons. The number of carboxylic acids is 1. The maximum atomic E-state index is 12.4. The van der Waals surface area contributed by atoms with Crippen molar-refractivity contribution < 1.29 is 19.4 Å². The Morgan fingerprint density at radius 2 is 1.50 bits per heavy atom. The highest BCUT2D eigenvalue weighted by Crippen LogP contribution is 2.42. The van der Waals surface area contributed by atoms with Crippen LogP contribution in [0.15, 0.2) is 54.6 Å². The molecule has 0 saturated carbocycles. The molecule has 0 heterocycles. The second kappa shape index (κ2) is 12.9. The number of ether oxygens (including phenoxy) is 1.